The number of carboxylic acid groups (broad SMARTS) is 1. The third-order valence-corrected chi connectivity index (χ3v) is 2.34. The molecule has 0 saturated heterocycles. The van der Waals surface area contributed by atoms with Crippen LogP contribution in [0.3, 0.4) is 0 Å². The number of nitrogens with zero attached hydrogens (tertiary/aromatic N) is 1. The van der Waals surface area contributed by atoms with Crippen molar-refractivity contribution >= 4 is 17.3 Å². The van der Waals surface area contributed by atoms with Gasteiger partial charge in [-0.15, -0.1) is 0 Å². The molecule has 1 aromatic rings. The summed E-state index contributed by atoms with van der Waals surface area (Å²) in [6, 6.07) is 0. The molecule has 0 saturated carbocycles. The normalized spacial score (nSPS) is 11.7. The van der Waals surface area contributed by atoms with Gasteiger partial charge in [-0.05, 0) is 0 Å². The first-order chi connectivity index (χ1) is 5.82. The Morgan fingerprint density at radius 2 is 2.08 bits per heavy atom. The summed E-state index contributed by atoms with van der Waals surface area (Å²) in [6.07, 6.45) is 0. The van der Waals surface area contributed by atoms with Crippen LogP contribution < -0.4 is 0 Å². The number of carbonyl (C=O) groups is 1. The largest absolute Gasteiger partial charge is 0.477 e. The van der Waals surface area contributed by atoms with E-state index in [4.69, 9.17) is 5.11 Å². The molecule has 1 N–H and O–H groups in total. The Bertz CT molecular complexity index is 340. The highest BCUT2D eigenvalue weighted by molar-refractivity contribution is 7.12. The fraction of sp³-hybridized carbons (Fsp3) is 0.500. The molecule has 5 heteroatoms. The van der Waals surface area contributed by atoms with E-state index in [-0.39, 0.29) is 4.88 Å². The summed E-state index contributed by atoms with van der Waals surface area (Å²) in [5, 5.41) is 8.05. The van der Waals surface area contributed by atoms with E-state index in [1.807, 2.05) is 0 Å². The van der Waals surface area contributed by atoms with Crippen molar-refractivity contribution in [2.45, 2.75) is 26.2 Å². The van der Waals surface area contributed by atoms with Crippen LogP contribution in [0.5, 0.6) is 0 Å². The second-order valence-corrected chi connectivity index (χ2v) is 4.65. The van der Waals surface area contributed by atoms with E-state index in [0.29, 0.717) is 17.0 Å². The minimum absolute atomic E-state index is 0.00926. The molecule has 0 aliphatic heterocycles. The molecule has 0 radical (unpaired) electrons. The zero-order valence-corrected chi connectivity index (χ0v) is 8.41. The lowest BCUT2D eigenvalue weighted by atomic mass is 9.91. The average molecular weight is 203 g/mol. The molecule has 72 valence electrons. The van der Waals surface area contributed by atoms with Gasteiger partial charge >= 0.3 is 5.97 Å². The van der Waals surface area contributed by atoms with E-state index in [0.717, 1.165) is 0 Å². The van der Waals surface area contributed by atoms with Gasteiger partial charge in [0.2, 0.25) is 0 Å². The Balaban J connectivity index is 3.28. The molecular formula is C8H10FNO2S. The minimum Gasteiger partial charge on any atom is -0.477 e. The number of aromatic nitrogens is 1. The molecule has 0 aliphatic rings. The summed E-state index contributed by atoms with van der Waals surface area (Å²) in [5.41, 5.74) is -0.128. The second-order valence-electron chi connectivity index (χ2n) is 3.70. The quantitative estimate of drug-likeness (QED) is 0.761. The monoisotopic (exact) mass is 203 g/mol. The number of rotatable bonds is 1. The zero-order chi connectivity index (χ0) is 10.2. The molecule has 0 spiro atoms. The fourth-order valence-electron chi connectivity index (χ4n) is 0.947. The van der Waals surface area contributed by atoms with Crippen molar-refractivity contribution in [3.8, 4) is 0 Å². The maximum atomic E-state index is 12.7. The van der Waals surface area contributed by atoms with Crippen molar-refractivity contribution in [3.05, 3.63) is 15.8 Å². The van der Waals surface area contributed by atoms with Crippen molar-refractivity contribution in [2.75, 3.05) is 0 Å². The lowest BCUT2D eigenvalue weighted by Gasteiger charge is -2.15. The van der Waals surface area contributed by atoms with Crippen LogP contribution in [0.4, 0.5) is 4.39 Å². The van der Waals surface area contributed by atoms with Crippen molar-refractivity contribution in [3.63, 3.8) is 0 Å². The number of carboxylic acids is 1. The first-order valence-corrected chi connectivity index (χ1v) is 4.54. The lowest BCUT2D eigenvalue weighted by Crippen LogP contribution is -2.16. The topological polar surface area (TPSA) is 50.2 Å². The smallest absolute Gasteiger partial charge is 0.347 e. The van der Waals surface area contributed by atoms with Crippen LogP contribution in [0.1, 0.15) is 36.1 Å². The molecular weight excluding hydrogens is 193 g/mol. The third-order valence-electron chi connectivity index (χ3n) is 1.51. The van der Waals surface area contributed by atoms with E-state index in [1.165, 1.54) is 0 Å². The maximum Gasteiger partial charge on any atom is 0.347 e. The summed E-state index contributed by atoms with van der Waals surface area (Å²) in [6.45, 7) is 5.40. The highest BCUT2D eigenvalue weighted by Gasteiger charge is 2.26. The predicted molar refractivity (Wildman–Crippen MR) is 47.7 cm³/mol. The van der Waals surface area contributed by atoms with Crippen LogP contribution in [0.15, 0.2) is 0 Å². The first-order valence-electron chi connectivity index (χ1n) is 3.72. The molecule has 0 bridgehead atoms. The van der Waals surface area contributed by atoms with Gasteiger partial charge in [-0.3, -0.25) is 0 Å². The van der Waals surface area contributed by atoms with Crippen LogP contribution in [0, 0.1) is 5.26 Å². The Labute approximate surface area is 79.2 Å². The molecule has 0 aliphatic carbocycles. The second kappa shape index (κ2) is 3.06. The van der Waals surface area contributed by atoms with Gasteiger partial charge in [-0.1, -0.05) is 32.1 Å². The standard InChI is InChI=1S/C8H10FNO2S/c1-8(2,3)5-4(6(11)12)13-7(9)10-5/h1-3H3,(H,11,12). The highest BCUT2D eigenvalue weighted by atomic mass is 32.1. The number of hydrogen-bond donors (Lipinski definition) is 1. The highest BCUT2D eigenvalue weighted by Crippen LogP contribution is 2.28. The summed E-state index contributed by atoms with van der Waals surface area (Å²) in [4.78, 5) is 14.3. The maximum absolute atomic E-state index is 12.7. The van der Waals surface area contributed by atoms with Gasteiger partial charge in [0, 0.05) is 5.41 Å². The van der Waals surface area contributed by atoms with E-state index >= 15 is 0 Å². The van der Waals surface area contributed by atoms with Crippen LogP contribution in [-0.2, 0) is 5.41 Å². The van der Waals surface area contributed by atoms with Crippen LogP contribution in [-0.4, -0.2) is 16.1 Å². The number of hydrogen-bond acceptors (Lipinski definition) is 3. The molecule has 13 heavy (non-hydrogen) atoms. The molecule has 1 rings (SSSR count). The summed E-state index contributed by atoms with van der Waals surface area (Å²) >= 11 is 0.572. The van der Waals surface area contributed by atoms with Crippen LogP contribution in [0.2, 0.25) is 0 Å². The Hall–Kier alpha value is -0.970. The van der Waals surface area contributed by atoms with E-state index < -0.39 is 16.6 Å². The van der Waals surface area contributed by atoms with E-state index in [1.54, 1.807) is 20.8 Å². The minimum atomic E-state index is -1.12. The van der Waals surface area contributed by atoms with Crippen molar-refractivity contribution < 1.29 is 14.3 Å². The van der Waals surface area contributed by atoms with Gasteiger partial charge in [0.05, 0.1) is 5.69 Å². The van der Waals surface area contributed by atoms with Gasteiger partial charge < -0.3 is 5.11 Å². The van der Waals surface area contributed by atoms with Gasteiger partial charge in [0.1, 0.15) is 4.88 Å². The Morgan fingerprint density at radius 1 is 1.54 bits per heavy atom. The Kier molecular flexibility index (Phi) is 2.38. The average Bonchev–Trinajstić information content (AvgIpc) is 2.29. The first kappa shape index (κ1) is 10.1. The molecule has 1 aromatic heterocycles. The predicted octanol–water partition coefficient (Wildman–Crippen LogP) is 2.28. The van der Waals surface area contributed by atoms with Gasteiger partial charge in [0.25, 0.3) is 5.26 Å². The molecule has 1 heterocycles. The summed E-state index contributed by atoms with van der Waals surface area (Å²) < 4.78 is 12.7. The third kappa shape index (κ3) is 2.03. The van der Waals surface area contributed by atoms with Crippen molar-refractivity contribution in [1.82, 2.24) is 4.98 Å². The number of aromatic carboxylic acids is 1. The molecule has 0 fully saturated rings. The van der Waals surface area contributed by atoms with Gasteiger partial charge in [0.15, 0.2) is 0 Å². The van der Waals surface area contributed by atoms with Crippen molar-refractivity contribution in [2.24, 2.45) is 0 Å². The van der Waals surface area contributed by atoms with E-state index in [9.17, 15) is 9.18 Å². The molecule has 0 unspecified atom stereocenters. The lowest BCUT2D eigenvalue weighted by molar-refractivity contribution is 0.0699. The van der Waals surface area contributed by atoms with Crippen LogP contribution >= 0.6 is 11.3 Å². The molecule has 0 amide bonds. The molecule has 3 nitrogen and oxygen atoms in total. The van der Waals surface area contributed by atoms with Gasteiger partial charge in [-0.25, -0.2) is 9.78 Å². The van der Waals surface area contributed by atoms with E-state index in [2.05, 4.69) is 4.98 Å². The number of thiazole rings is 1. The number of halogens is 1. The summed E-state index contributed by atoms with van der Waals surface area (Å²) in [5.74, 6) is -1.12. The Morgan fingerprint density at radius 3 is 2.38 bits per heavy atom. The summed E-state index contributed by atoms with van der Waals surface area (Å²) in [7, 11) is 0. The van der Waals surface area contributed by atoms with Crippen LogP contribution in [0.25, 0.3) is 0 Å². The van der Waals surface area contributed by atoms with Gasteiger partial charge in [-0.2, -0.15) is 4.39 Å². The zero-order valence-electron chi connectivity index (χ0n) is 7.59. The van der Waals surface area contributed by atoms with Crippen molar-refractivity contribution in [1.29, 1.82) is 0 Å². The fourth-order valence-corrected chi connectivity index (χ4v) is 1.79. The molecule has 0 aromatic carbocycles. The SMILES string of the molecule is CC(C)(C)c1nc(F)sc1C(=O)O. The molecule has 0 atom stereocenters.